The Balaban J connectivity index is 1.96. The van der Waals surface area contributed by atoms with Crippen molar-refractivity contribution in [1.82, 2.24) is 0 Å². The van der Waals surface area contributed by atoms with Crippen LogP contribution in [0.15, 0.2) is 82.6 Å². The van der Waals surface area contributed by atoms with Crippen LogP contribution < -0.4 is 0 Å². The first-order chi connectivity index (χ1) is 12.5. The topological polar surface area (TPSA) is 43.1 Å². The van der Waals surface area contributed by atoms with Gasteiger partial charge in [-0.25, -0.2) is 0 Å². The van der Waals surface area contributed by atoms with E-state index >= 15 is 0 Å². The number of rotatable bonds is 6. The van der Waals surface area contributed by atoms with Crippen LogP contribution >= 0.6 is 23.5 Å². The highest BCUT2D eigenvalue weighted by Crippen LogP contribution is 2.49. The van der Waals surface area contributed by atoms with Gasteiger partial charge in [-0.3, -0.25) is 10.1 Å². The molecule has 0 heterocycles. The molecule has 3 aromatic carbocycles. The van der Waals surface area contributed by atoms with E-state index in [4.69, 9.17) is 0 Å². The standard InChI is InChI=1S/C21H19NO2S2/c1-15-7-11-17(12-8-15)25-21(26-18-13-9-16(2)10-14-18)19-5-3-4-6-20(19)22(23)24/h3-14,21H,1-2H3. The van der Waals surface area contributed by atoms with Gasteiger partial charge in [-0.15, -0.1) is 23.5 Å². The highest BCUT2D eigenvalue weighted by molar-refractivity contribution is 8.16. The fourth-order valence-corrected chi connectivity index (χ4v) is 5.08. The van der Waals surface area contributed by atoms with Crippen LogP contribution in [0.1, 0.15) is 21.3 Å². The van der Waals surface area contributed by atoms with E-state index in [1.807, 2.05) is 12.1 Å². The number of aryl methyl sites for hydroxylation is 2. The maximum Gasteiger partial charge on any atom is 0.274 e. The molecule has 0 radical (unpaired) electrons. The van der Waals surface area contributed by atoms with E-state index in [1.165, 1.54) is 11.1 Å². The molecule has 26 heavy (non-hydrogen) atoms. The van der Waals surface area contributed by atoms with Gasteiger partial charge in [0.25, 0.3) is 5.69 Å². The molecule has 0 amide bonds. The number of nitro benzene ring substituents is 1. The summed E-state index contributed by atoms with van der Waals surface area (Å²) in [6, 6.07) is 23.5. The number of hydrogen-bond donors (Lipinski definition) is 0. The normalized spacial score (nSPS) is 10.9. The zero-order chi connectivity index (χ0) is 18.5. The SMILES string of the molecule is Cc1ccc(SC(Sc2ccc(C)cc2)c2ccccc2[N+](=O)[O-])cc1. The lowest BCUT2D eigenvalue weighted by Gasteiger charge is -2.17. The molecule has 0 saturated carbocycles. The number of thioether (sulfide) groups is 2. The number of hydrogen-bond acceptors (Lipinski definition) is 4. The summed E-state index contributed by atoms with van der Waals surface area (Å²) in [7, 11) is 0. The molecule has 0 aliphatic carbocycles. The summed E-state index contributed by atoms with van der Waals surface area (Å²) in [4.78, 5) is 13.4. The Morgan fingerprint density at radius 3 is 1.69 bits per heavy atom. The Hall–Kier alpha value is -2.24. The lowest BCUT2D eigenvalue weighted by molar-refractivity contribution is -0.385. The molecule has 0 N–H and O–H groups in total. The van der Waals surface area contributed by atoms with E-state index in [-0.39, 0.29) is 15.2 Å². The van der Waals surface area contributed by atoms with Crippen LogP contribution in [0, 0.1) is 24.0 Å². The number of nitro groups is 1. The average Bonchev–Trinajstić information content (AvgIpc) is 2.64. The van der Waals surface area contributed by atoms with Gasteiger partial charge in [-0.2, -0.15) is 0 Å². The van der Waals surface area contributed by atoms with Crippen LogP contribution in [0.4, 0.5) is 5.69 Å². The maximum atomic E-state index is 11.5. The van der Waals surface area contributed by atoms with Crippen LogP contribution in [-0.4, -0.2) is 4.92 Å². The lowest BCUT2D eigenvalue weighted by atomic mass is 10.2. The fraction of sp³-hybridized carbons (Fsp3) is 0.143. The van der Waals surface area contributed by atoms with Crippen LogP contribution in [0.2, 0.25) is 0 Å². The van der Waals surface area contributed by atoms with Crippen LogP contribution in [-0.2, 0) is 0 Å². The summed E-state index contributed by atoms with van der Waals surface area (Å²) in [5.74, 6) is 0. The van der Waals surface area contributed by atoms with Gasteiger partial charge in [0.2, 0.25) is 0 Å². The molecule has 5 heteroatoms. The predicted molar refractivity (Wildman–Crippen MR) is 110 cm³/mol. The van der Waals surface area contributed by atoms with E-state index in [1.54, 1.807) is 35.7 Å². The smallest absolute Gasteiger partial charge is 0.258 e. The molecule has 3 rings (SSSR count). The molecule has 0 atom stereocenters. The maximum absolute atomic E-state index is 11.5. The van der Waals surface area contributed by atoms with Gasteiger partial charge in [0.1, 0.15) is 0 Å². The first-order valence-corrected chi connectivity index (χ1v) is 9.99. The molecule has 0 saturated heterocycles. The average molecular weight is 382 g/mol. The third-order valence-corrected chi connectivity index (χ3v) is 6.52. The molecule has 3 aromatic rings. The highest BCUT2D eigenvalue weighted by Gasteiger charge is 2.23. The molecule has 0 aliphatic heterocycles. The van der Waals surface area contributed by atoms with Gasteiger partial charge in [-0.1, -0.05) is 53.6 Å². The van der Waals surface area contributed by atoms with Crippen molar-refractivity contribution in [2.45, 2.75) is 28.2 Å². The molecule has 0 fully saturated rings. The first-order valence-electron chi connectivity index (χ1n) is 8.23. The van der Waals surface area contributed by atoms with Gasteiger partial charge < -0.3 is 0 Å². The minimum Gasteiger partial charge on any atom is -0.258 e. The van der Waals surface area contributed by atoms with Crippen molar-refractivity contribution in [1.29, 1.82) is 0 Å². The Morgan fingerprint density at radius 2 is 1.23 bits per heavy atom. The van der Waals surface area contributed by atoms with Crippen molar-refractivity contribution in [3.05, 3.63) is 99.6 Å². The molecular weight excluding hydrogens is 362 g/mol. The van der Waals surface area contributed by atoms with Crippen molar-refractivity contribution in [2.24, 2.45) is 0 Å². The summed E-state index contributed by atoms with van der Waals surface area (Å²) in [6.07, 6.45) is 0. The molecule has 0 bridgehead atoms. The minimum absolute atomic E-state index is 0.109. The van der Waals surface area contributed by atoms with E-state index in [0.717, 1.165) is 15.4 Å². The van der Waals surface area contributed by atoms with Crippen molar-refractivity contribution in [3.8, 4) is 0 Å². The molecule has 3 nitrogen and oxygen atoms in total. The van der Waals surface area contributed by atoms with Crippen molar-refractivity contribution >= 4 is 29.2 Å². The summed E-state index contributed by atoms with van der Waals surface area (Å²) in [5.41, 5.74) is 3.29. The van der Waals surface area contributed by atoms with Gasteiger partial charge in [0.05, 0.1) is 15.1 Å². The van der Waals surface area contributed by atoms with Crippen molar-refractivity contribution in [3.63, 3.8) is 0 Å². The van der Waals surface area contributed by atoms with Crippen molar-refractivity contribution in [2.75, 3.05) is 0 Å². The Bertz CT molecular complexity index is 845. The van der Waals surface area contributed by atoms with Crippen LogP contribution in [0.25, 0.3) is 0 Å². The van der Waals surface area contributed by atoms with Gasteiger partial charge in [0, 0.05) is 15.9 Å². The summed E-state index contributed by atoms with van der Waals surface area (Å²) >= 11 is 3.28. The first kappa shape index (κ1) is 18.5. The Labute approximate surface area is 162 Å². The van der Waals surface area contributed by atoms with Crippen LogP contribution in [0.3, 0.4) is 0 Å². The van der Waals surface area contributed by atoms with Crippen LogP contribution in [0.5, 0.6) is 0 Å². The third kappa shape index (κ3) is 4.68. The fourth-order valence-electron chi connectivity index (χ4n) is 2.49. The quantitative estimate of drug-likeness (QED) is 0.204. The largest absolute Gasteiger partial charge is 0.274 e. The zero-order valence-electron chi connectivity index (χ0n) is 14.6. The van der Waals surface area contributed by atoms with Gasteiger partial charge in [0.15, 0.2) is 0 Å². The molecule has 132 valence electrons. The van der Waals surface area contributed by atoms with E-state index in [0.29, 0.717) is 0 Å². The molecule has 0 aliphatic rings. The summed E-state index contributed by atoms with van der Waals surface area (Å²) in [5, 5.41) is 11.5. The minimum atomic E-state index is -0.298. The van der Waals surface area contributed by atoms with Gasteiger partial charge >= 0.3 is 0 Å². The highest BCUT2D eigenvalue weighted by atomic mass is 32.2. The Morgan fingerprint density at radius 1 is 0.769 bits per heavy atom. The van der Waals surface area contributed by atoms with Crippen molar-refractivity contribution < 1.29 is 4.92 Å². The molecule has 0 aromatic heterocycles. The second-order valence-electron chi connectivity index (χ2n) is 6.01. The number of benzene rings is 3. The second-order valence-corrected chi connectivity index (χ2v) is 8.67. The van der Waals surface area contributed by atoms with E-state index < -0.39 is 0 Å². The van der Waals surface area contributed by atoms with Gasteiger partial charge in [-0.05, 0) is 38.1 Å². The second kappa shape index (κ2) is 8.43. The van der Waals surface area contributed by atoms with E-state index in [2.05, 4.69) is 62.4 Å². The summed E-state index contributed by atoms with van der Waals surface area (Å²) in [6.45, 7) is 4.10. The zero-order valence-corrected chi connectivity index (χ0v) is 16.2. The molecule has 0 spiro atoms. The molecule has 0 unspecified atom stereocenters. The molecular formula is C21H19NO2S2. The monoisotopic (exact) mass is 381 g/mol. The predicted octanol–water partition coefficient (Wildman–Crippen LogP) is 6.79. The Kier molecular flexibility index (Phi) is 6.01. The summed E-state index contributed by atoms with van der Waals surface area (Å²) < 4.78 is -0.109. The lowest BCUT2D eigenvalue weighted by Crippen LogP contribution is -1.98. The number of para-hydroxylation sites is 1. The van der Waals surface area contributed by atoms with E-state index in [9.17, 15) is 10.1 Å². The third-order valence-electron chi connectivity index (χ3n) is 3.92. The number of nitrogens with zero attached hydrogens (tertiary/aromatic N) is 1.